The number of nitrogens with zero attached hydrogens (tertiary/aromatic N) is 2. The number of carbonyl (C=O) groups is 2. The van der Waals surface area contributed by atoms with Crippen LogP contribution in [-0.4, -0.2) is 17.1 Å². The molecule has 3 aromatic rings. The molecule has 0 saturated carbocycles. The third-order valence-electron chi connectivity index (χ3n) is 7.65. The van der Waals surface area contributed by atoms with Gasteiger partial charge < -0.3 is 15.0 Å². The van der Waals surface area contributed by atoms with Crippen molar-refractivity contribution in [1.82, 2.24) is 4.98 Å². The Kier molecular flexibility index (Phi) is 7.96. The molecule has 1 aromatic carbocycles. The van der Waals surface area contributed by atoms with Crippen molar-refractivity contribution in [3.05, 3.63) is 136 Å². The van der Waals surface area contributed by atoms with Crippen molar-refractivity contribution < 1.29 is 14.3 Å². The van der Waals surface area contributed by atoms with E-state index in [1.165, 1.54) is 11.3 Å². The Morgan fingerprint density at radius 1 is 1.17 bits per heavy atom. The van der Waals surface area contributed by atoms with Gasteiger partial charge in [0, 0.05) is 33.9 Å². The van der Waals surface area contributed by atoms with Crippen molar-refractivity contribution in [3.63, 3.8) is 0 Å². The predicted molar refractivity (Wildman–Crippen MR) is 172 cm³/mol. The zero-order chi connectivity index (χ0) is 30.0. The molecule has 0 atom stereocenters. The van der Waals surface area contributed by atoms with Crippen LogP contribution in [0.2, 0.25) is 0 Å². The van der Waals surface area contributed by atoms with Crippen LogP contribution in [0.3, 0.4) is 0 Å². The summed E-state index contributed by atoms with van der Waals surface area (Å²) in [7, 11) is 0. The van der Waals surface area contributed by atoms with E-state index < -0.39 is 0 Å². The minimum atomic E-state index is -0.355. The molecule has 0 spiro atoms. The van der Waals surface area contributed by atoms with E-state index in [0.717, 1.165) is 43.8 Å². The molecule has 2 aliphatic rings. The summed E-state index contributed by atoms with van der Waals surface area (Å²) >= 11 is 1.50. The average Bonchev–Trinajstić information content (AvgIpc) is 3.40. The first-order valence-electron chi connectivity index (χ1n) is 13.7. The summed E-state index contributed by atoms with van der Waals surface area (Å²) in [5.74, 6) is 1.12. The Bertz CT molecular complexity index is 1750. The molecular formula is C35H33N3O3S. The first kappa shape index (κ1) is 28.8. The monoisotopic (exact) mass is 575 g/mol. The number of ketones is 1. The van der Waals surface area contributed by atoms with E-state index in [1.807, 2.05) is 49.5 Å². The first-order valence-corrected chi connectivity index (χ1v) is 14.5. The normalized spacial score (nSPS) is 18.8. The van der Waals surface area contributed by atoms with E-state index in [4.69, 9.17) is 4.74 Å². The quantitative estimate of drug-likeness (QED) is 0.101. The second kappa shape index (κ2) is 11.6. The number of nitrogens with one attached hydrogen (secondary N) is 1. The number of anilines is 2. The molecule has 212 valence electrons. The van der Waals surface area contributed by atoms with Gasteiger partial charge in [-0.1, -0.05) is 44.2 Å². The zero-order valence-corrected chi connectivity index (χ0v) is 25.2. The topological polar surface area (TPSA) is 71.5 Å². The zero-order valence-electron chi connectivity index (χ0n) is 24.4. The lowest BCUT2D eigenvalue weighted by molar-refractivity contribution is -0.104. The fourth-order valence-corrected chi connectivity index (χ4v) is 6.18. The summed E-state index contributed by atoms with van der Waals surface area (Å²) in [6.07, 6.45) is 13.8. The summed E-state index contributed by atoms with van der Waals surface area (Å²) < 4.78 is 6.23. The number of aryl methyl sites for hydroxylation is 1. The van der Waals surface area contributed by atoms with Crippen LogP contribution < -0.4 is 15.0 Å². The second-order valence-electron chi connectivity index (χ2n) is 10.6. The number of aldehydes is 1. The van der Waals surface area contributed by atoms with Crippen LogP contribution in [0.25, 0.3) is 6.08 Å². The molecule has 7 heteroatoms. The lowest BCUT2D eigenvalue weighted by Crippen LogP contribution is -2.29. The number of aromatic nitrogens is 1. The number of thiophene rings is 1. The number of hydrogen-bond acceptors (Lipinski definition) is 7. The van der Waals surface area contributed by atoms with E-state index in [-0.39, 0.29) is 16.8 Å². The Morgan fingerprint density at radius 3 is 2.67 bits per heavy atom. The third kappa shape index (κ3) is 5.19. The van der Waals surface area contributed by atoms with Crippen molar-refractivity contribution in [1.29, 1.82) is 0 Å². The SMILES string of the molecule is C=CC1=C(/C=C\C)Oc2ccccc2N1C1=C/Nc2sc(/C=C(/C=O)C(=O)c3cccnc3C)cc2C(C)(C)\C(C)=C\1. The predicted octanol–water partition coefficient (Wildman–Crippen LogP) is 8.28. The number of allylic oxidation sites excluding steroid dienone is 6. The van der Waals surface area contributed by atoms with E-state index >= 15 is 0 Å². The first-order chi connectivity index (χ1) is 20.2. The number of benzene rings is 1. The number of fused-ring (bicyclic) bond motifs is 2. The molecule has 4 heterocycles. The van der Waals surface area contributed by atoms with Gasteiger partial charge in [0.1, 0.15) is 0 Å². The van der Waals surface area contributed by atoms with Crippen molar-refractivity contribution in [2.75, 3.05) is 10.2 Å². The minimum absolute atomic E-state index is 0.0869. The standard InChI is InChI=1S/C35H33N3O3S/c1-7-12-31-29(8-2)38(30-14-9-10-15-32(30)41-31)25-17-22(3)35(5,6)28-19-26(42-34(28)37-20-25)18-24(21-39)33(40)27-13-11-16-36-23(27)4/h7-21,37H,2H2,1,3-6H3/b12-7-,22-17+,24-18-,25-20+. The number of rotatable bonds is 7. The van der Waals surface area contributed by atoms with Gasteiger partial charge in [0.05, 0.1) is 27.7 Å². The molecule has 2 aromatic heterocycles. The maximum atomic E-state index is 13.2. The number of para-hydroxylation sites is 2. The summed E-state index contributed by atoms with van der Waals surface area (Å²) in [6, 6.07) is 13.4. The average molecular weight is 576 g/mol. The number of pyridine rings is 1. The minimum Gasteiger partial charge on any atom is -0.453 e. The Hall–Kier alpha value is -4.75. The molecule has 0 bridgehead atoms. The van der Waals surface area contributed by atoms with Crippen molar-refractivity contribution >= 4 is 40.2 Å². The summed E-state index contributed by atoms with van der Waals surface area (Å²) in [6.45, 7) is 14.3. The maximum absolute atomic E-state index is 13.2. The van der Waals surface area contributed by atoms with Gasteiger partial charge >= 0.3 is 0 Å². The lowest BCUT2D eigenvalue weighted by Gasteiger charge is -2.36. The molecule has 0 unspecified atom stereocenters. The van der Waals surface area contributed by atoms with Gasteiger partial charge in [0.25, 0.3) is 0 Å². The molecule has 5 rings (SSSR count). The van der Waals surface area contributed by atoms with Crippen LogP contribution >= 0.6 is 11.3 Å². The summed E-state index contributed by atoms with van der Waals surface area (Å²) in [5, 5.41) is 4.47. The molecule has 0 radical (unpaired) electrons. The molecule has 0 aliphatic carbocycles. The largest absolute Gasteiger partial charge is 0.453 e. The van der Waals surface area contributed by atoms with Gasteiger partial charge in [-0.3, -0.25) is 14.6 Å². The van der Waals surface area contributed by atoms with Crippen LogP contribution in [0.1, 0.15) is 54.2 Å². The number of carbonyl (C=O) groups excluding carboxylic acids is 2. The molecule has 6 nitrogen and oxygen atoms in total. The van der Waals surface area contributed by atoms with Crippen LogP contribution in [0.5, 0.6) is 5.75 Å². The van der Waals surface area contributed by atoms with Crippen LogP contribution in [0, 0.1) is 6.92 Å². The summed E-state index contributed by atoms with van der Waals surface area (Å²) in [4.78, 5) is 32.4. The fourth-order valence-electron chi connectivity index (χ4n) is 5.04. The van der Waals surface area contributed by atoms with Crippen LogP contribution in [0.15, 0.2) is 114 Å². The van der Waals surface area contributed by atoms with E-state index in [2.05, 4.69) is 54.7 Å². The highest BCUT2D eigenvalue weighted by molar-refractivity contribution is 7.17. The molecule has 0 saturated heterocycles. The third-order valence-corrected chi connectivity index (χ3v) is 8.67. The number of Topliss-reactive ketones (excluding diaryl/α,β-unsaturated/α-hetero) is 1. The summed E-state index contributed by atoms with van der Waals surface area (Å²) in [5.41, 5.74) is 5.62. The van der Waals surface area contributed by atoms with Gasteiger partial charge in [-0.25, -0.2) is 0 Å². The number of hydrogen-bond donors (Lipinski definition) is 1. The van der Waals surface area contributed by atoms with Crippen molar-refractivity contribution in [2.24, 2.45) is 0 Å². The van der Waals surface area contributed by atoms with E-state index in [0.29, 0.717) is 23.3 Å². The van der Waals surface area contributed by atoms with Gasteiger partial charge in [-0.2, -0.15) is 0 Å². The van der Waals surface area contributed by atoms with Crippen LogP contribution in [-0.2, 0) is 10.2 Å². The number of ether oxygens (including phenoxy) is 1. The highest BCUT2D eigenvalue weighted by atomic mass is 32.1. The van der Waals surface area contributed by atoms with Gasteiger partial charge in [0.15, 0.2) is 23.6 Å². The van der Waals surface area contributed by atoms with Gasteiger partial charge in [-0.15, -0.1) is 11.3 Å². The van der Waals surface area contributed by atoms with Crippen LogP contribution in [0.4, 0.5) is 10.7 Å². The molecule has 1 N–H and O–H groups in total. The molecule has 2 aliphatic heterocycles. The molecule has 42 heavy (non-hydrogen) atoms. The lowest BCUT2D eigenvalue weighted by atomic mass is 9.78. The smallest absolute Gasteiger partial charge is 0.198 e. The van der Waals surface area contributed by atoms with Crippen molar-refractivity contribution in [2.45, 2.75) is 40.0 Å². The van der Waals surface area contributed by atoms with E-state index in [9.17, 15) is 9.59 Å². The Morgan fingerprint density at radius 2 is 1.95 bits per heavy atom. The molecule has 0 fully saturated rings. The second-order valence-corrected chi connectivity index (χ2v) is 11.7. The van der Waals surface area contributed by atoms with E-state index in [1.54, 1.807) is 37.4 Å². The molecular weight excluding hydrogens is 542 g/mol. The maximum Gasteiger partial charge on any atom is 0.198 e. The highest BCUT2D eigenvalue weighted by Crippen LogP contribution is 2.46. The Labute approximate surface area is 250 Å². The Balaban J connectivity index is 1.60. The van der Waals surface area contributed by atoms with Gasteiger partial charge in [-0.05, 0) is 81.0 Å². The van der Waals surface area contributed by atoms with Crippen molar-refractivity contribution in [3.8, 4) is 5.75 Å². The fraction of sp³-hybridized carbons (Fsp3) is 0.171. The molecule has 0 amide bonds. The van der Waals surface area contributed by atoms with Gasteiger partial charge in [0.2, 0.25) is 0 Å². The highest BCUT2D eigenvalue weighted by Gasteiger charge is 2.32.